The van der Waals surface area contributed by atoms with Crippen LogP contribution in [0.25, 0.3) is 0 Å². The van der Waals surface area contributed by atoms with E-state index in [4.69, 9.17) is 0 Å². The molecule has 2 aliphatic heterocycles. The first kappa shape index (κ1) is 21.9. The molecule has 3 aliphatic rings. The van der Waals surface area contributed by atoms with Crippen molar-refractivity contribution in [3.05, 3.63) is 59.4 Å². The number of β-amino-alcohol motifs (C(OH)–C–C–N with tert-alkyl or cyclic N) is 1. The van der Waals surface area contributed by atoms with Gasteiger partial charge in [0.25, 0.3) is 0 Å². The second-order valence-corrected chi connectivity index (χ2v) is 11.2. The number of aliphatic hydroxyl groups is 2. The zero-order valence-corrected chi connectivity index (χ0v) is 19.9. The fourth-order valence-corrected chi connectivity index (χ4v) is 6.14. The molecule has 2 saturated heterocycles. The summed E-state index contributed by atoms with van der Waals surface area (Å²) in [4.78, 5) is 9.06. The van der Waals surface area contributed by atoms with Crippen LogP contribution in [0.5, 0.6) is 0 Å². The normalized spacial score (nSPS) is 27.4. The van der Waals surface area contributed by atoms with E-state index < -0.39 is 11.2 Å². The number of rotatable bonds is 6. The van der Waals surface area contributed by atoms with Gasteiger partial charge in [-0.05, 0) is 55.3 Å². The highest BCUT2D eigenvalue weighted by Gasteiger charge is 2.55. The number of aromatic nitrogens is 1. The summed E-state index contributed by atoms with van der Waals surface area (Å²) in [6.07, 6.45) is 6.79. The van der Waals surface area contributed by atoms with Crippen LogP contribution in [0.4, 0.5) is 5.69 Å². The number of pyridine rings is 1. The Balaban J connectivity index is 1.52. The van der Waals surface area contributed by atoms with Crippen LogP contribution in [0.2, 0.25) is 0 Å². The molecule has 172 valence electrons. The summed E-state index contributed by atoms with van der Waals surface area (Å²) >= 11 is 0. The molecule has 5 nitrogen and oxygen atoms in total. The molecule has 3 heterocycles. The predicted octanol–water partition coefficient (Wildman–Crippen LogP) is 3.74. The molecule has 2 aromatic rings. The van der Waals surface area contributed by atoms with Gasteiger partial charge in [0.15, 0.2) is 0 Å². The van der Waals surface area contributed by atoms with Gasteiger partial charge < -0.3 is 20.0 Å². The Morgan fingerprint density at radius 2 is 1.75 bits per heavy atom. The molecule has 5 heteroatoms. The fraction of sp³-hybridized carbons (Fsp3) is 0.593. The highest BCUT2D eigenvalue weighted by molar-refractivity contribution is 5.52. The van der Waals surface area contributed by atoms with Crippen LogP contribution < -0.4 is 4.90 Å². The van der Waals surface area contributed by atoms with Crippen molar-refractivity contribution in [1.82, 2.24) is 9.88 Å². The van der Waals surface area contributed by atoms with Crippen molar-refractivity contribution in [1.29, 1.82) is 0 Å². The van der Waals surface area contributed by atoms with Crippen LogP contribution in [0.1, 0.15) is 62.6 Å². The molecule has 0 amide bonds. The van der Waals surface area contributed by atoms with Gasteiger partial charge in [-0.1, -0.05) is 45.0 Å². The molecule has 0 bridgehead atoms. The highest BCUT2D eigenvalue weighted by Crippen LogP contribution is 2.51. The smallest absolute Gasteiger partial charge is 0.124 e. The van der Waals surface area contributed by atoms with Gasteiger partial charge in [-0.2, -0.15) is 0 Å². The van der Waals surface area contributed by atoms with Gasteiger partial charge in [-0.25, -0.2) is 0 Å². The average molecular weight is 436 g/mol. The van der Waals surface area contributed by atoms with E-state index in [1.807, 2.05) is 12.4 Å². The number of likely N-dealkylation sites (tertiary alicyclic amines) is 1. The lowest BCUT2D eigenvalue weighted by Gasteiger charge is -2.56. The fourth-order valence-electron chi connectivity index (χ4n) is 6.14. The molecular formula is C27H37N3O2. The Morgan fingerprint density at radius 1 is 1.06 bits per heavy atom. The van der Waals surface area contributed by atoms with Gasteiger partial charge in [0.05, 0.1) is 17.5 Å². The van der Waals surface area contributed by atoms with Crippen molar-refractivity contribution < 1.29 is 10.2 Å². The molecule has 32 heavy (non-hydrogen) atoms. The van der Waals surface area contributed by atoms with Crippen molar-refractivity contribution in [2.75, 3.05) is 38.1 Å². The van der Waals surface area contributed by atoms with E-state index in [-0.39, 0.29) is 5.41 Å². The number of benzene rings is 1. The molecule has 0 radical (unpaired) electrons. The predicted molar refractivity (Wildman–Crippen MR) is 128 cm³/mol. The minimum atomic E-state index is -1.13. The Bertz CT molecular complexity index is 981. The largest absolute Gasteiger partial charge is 0.388 e. The zero-order valence-electron chi connectivity index (χ0n) is 19.9. The lowest BCUT2D eigenvalue weighted by atomic mass is 9.62. The van der Waals surface area contributed by atoms with Crippen LogP contribution >= 0.6 is 0 Å². The zero-order chi connectivity index (χ0) is 22.7. The van der Waals surface area contributed by atoms with Crippen molar-refractivity contribution in [3.8, 4) is 0 Å². The minimum absolute atomic E-state index is 0.304. The first-order valence-corrected chi connectivity index (χ1v) is 12.1. The molecule has 1 saturated carbocycles. The third-order valence-electron chi connectivity index (χ3n) is 8.23. The van der Waals surface area contributed by atoms with Crippen molar-refractivity contribution in [2.45, 2.75) is 57.2 Å². The van der Waals surface area contributed by atoms with Gasteiger partial charge in [0.2, 0.25) is 0 Å². The van der Waals surface area contributed by atoms with Gasteiger partial charge in [-0.3, -0.25) is 4.98 Å². The lowest BCUT2D eigenvalue weighted by molar-refractivity contribution is -0.127. The van der Waals surface area contributed by atoms with Gasteiger partial charge >= 0.3 is 0 Å². The molecule has 3 fully saturated rings. The Kier molecular flexibility index (Phi) is 5.16. The van der Waals surface area contributed by atoms with E-state index >= 15 is 0 Å². The van der Waals surface area contributed by atoms with Gasteiger partial charge in [-0.15, -0.1) is 0 Å². The van der Waals surface area contributed by atoms with E-state index in [0.717, 1.165) is 55.7 Å². The van der Waals surface area contributed by atoms with Crippen molar-refractivity contribution in [3.63, 3.8) is 0 Å². The average Bonchev–Trinajstić information content (AvgIpc) is 3.55. The van der Waals surface area contributed by atoms with E-state index in [2.05, 4.69) is 72.9 Å². The first-order chi connectivity index (χ1) is 15.1. The SMILES string of the molecule is CC(C)c1ccc(C(O)(c2cncc(N3CCC(O)(C4CC4)C3)c2)C2(C)CN(C)C2)cc1. The standard InChI is InChI=1S/C27H37N3O2/c1-19(2)20-5-7-22(8-6-20)27(32,25(3)16-29(4)17-25)23-13-24(15-28-14-23)30-12-11-26(31,18-30)21-9-10-21/h5-8,13-15,19,21,31-32H,9-12,16-18H2,1-4H3. The summed E-state index contributed by atoms with van der Waals surface area (Å²) in [5.41, 5.74) is 2.02. The van der Waals surface area contributed by atoms with Crippen molar-refractivity contribution >= 4 is 5.69 Å². The number of nitrogens with zero attached hydrogens (tertiary/aromatic N) is 3. The summed E-state index contributed by atoms with van der Waals surface area (Å²) in [6.45, 7) is 9.70. The third-order valence-corrected chi connectivity index (χ3v) is 8.23. The van der Waals surface area contributed by atoms with E-state index in [1.165, 1.54) is 5.56 Å². The van der Waals surface area contributed by atoms with Gasteiger partial charge in [0.1, 0.15) is 5.60 Å². The molecule has 1 aromatic heterocycles. The highest BCUT2D eigenvalue weighted by atomic mass is 16.3. The summed E-state index contributed by atoms with van der Waals surface area (Å²) in [6, 6.07) is 10.6. The Morgan fingerprint density at radius 3 is 2.34 bits per heavy atom. The summed E-state index contributed by atoms with van der Waals surface area (Å²) in [5, 5.41) is 23.4. The quantitative estimate of drug-likeness (QED) is 0.724. The van der Waals surface area contributed by atoms with Crippen LogP contribution in [-0.2, 0) is 5.60 Å². The van der Waals surface area contributed by atoms with Crippen LogP contribution in [0, 0.1) is 11.3 Å². The van der Waals surface area contributed by atoms with Crippen molar-refractivity contribution in [2.24, 2.45) is 11.3 Å². The number of hydrogen-bond acceptors (Lipinski definition) is 5. The van der Waals surface area contributed by atoms with E-state index in [9.17, 15) is 10.2 Å². The van der Waals surface area contributed by atoms with Crippen LogP contribution in [-0.4, -0.2) is 58.9 Å². The van der Waals surface area contributed by atoms with E-state index in [1.54, 1.807) is 0 Å². The van der Waals surface area contributed by atoms with E-state index in [0.29, 0.717) is 18.4 Å². The Labute approximate surface area is 192 Å². The number of anilines is 1. The maximum Gasteiger partial charge on any atom is 0.124 e. The third kappa shape index (κ3) is 3.46. The summed E-state index contributed by atoms with van der Waals surface area (Å²) in [7, 11) is 2.10. The molecule has 0 spiro atoms. The molecule has 1 aliphatic carbocycles. The van der Waals surface area contributed by atoms with Crippen LogP contribution in [0.15, 0.2) is 42.7 Å². The summed E-state index contributed by atoms with van der Waals surface area (Å²) < 4.78 is 0. The first-order valence-electron chi connectivity index (χ1n) is 12.1. The molecule has 1 aromatic carbocycles. The molecule has 2 N–H and O–H groups in total. The molecule has 2 atom stereocenters. The second-order valence-electron chi connectivity index (χ2n) is 11.2. The van der Waals surface area contributed by atoms with Gasteiger partial charge in [0, 0.05) is 43.4 Å². The number of hydrogen-bond donors (Lipinski definition) is 2. The monoisotopic (exact) mass is 435 g/mol. The Hall–Kier alpha value is -1.95. The molecule has 2 unspecified atom stereocenters. The maximum absolute atomic E-state index is 12.4. The minimum Gasteiger partial charge on any atom is -0.388 e. The summed E-state index contributed by atoms with van der Waals surface area (Å²) in [5.74, 6) is 0.900. The maximum atomic E-state index is 12.4. The topological polar surface area (TPSA) is 59.8 Å². The molecular weight excluding hydrogens is 398 g/mol. The second kappa shape index (κ2) is 7.54. The lowest BCUT2D eigenvalue weighted by Crippen LogP contribution is -2.63. The molecule has 5 rings (SSSR count). The van der Waals surface area contributed by atoms with Crippen LogP contribution in [0.3, 0.4) is 0 Å².